The lowest BCUT2D eigenvalue weighted by molar-refractivity contribution is 0.209. The number of carbonyl (C=O) groups excluding carboxylic acids is 1. The molecule has 0 bridgehead atoms. The van der Waals surface area contributed by atoms with Crippen LogP contribution in [0, 0.1) is 6.92 Å². The van der Waals surface area contributed by atoms with Crippen molar-refractivity contribution in [2.24, 2.45) is 0 Å². The maximum absolute atomic E-state index is 13.0. The van der Waals surface area contributed by atoms with Crippen molar-refractivity contribution in [3.63, 3.8) is 0 Å². The number of fused-ring (bicyclic) bond motifs is 1. The summed E-state index contributed by atoms with van der Waals surface area (Å²) < 4.78 is 0. The van der Waals surface area contributed by atoms with E-state index in [1.165, 1.54) is 5.56 Å². The number of nitrogens with one attached hydrogen (secondary N) is 2. The minimum Gasteiger partial charge on any atom is -0.342 e. The van der Waals surface area contributed by atoms with Crippen molar-refractivity contribution >= 4 is 34.4 Å². The van der Waals surface area contributed by atoms with Gasteiger partial charge in [-0.25, -0.2) is 9.78 Å². The summed E-state index contributed by atoms with van der Waals surface area (Å²) in [6.07, 6.45) is 0.634. The fraction of sp³-hybridized carbons (Fsp3) is 0.167. The Morgan fingerprint density at radius 2 is 1.77 bits per heavy atom. The topological polar surface area (TPSA) is 61.0 Å². The molecule has 4 rings (SSSR count). The summed E-state index contributed by atoms with van der Waals surface area (Å²) in [5, 5.41) is 3.60. The maximum Gasteiger partial charge on any atom is 0.322 e. The highest BCUT2D eigenvalue weighted by molar-refractivity contribution is 6.30. The summed E-state index contributed by atoms with van der Waals surface area (Å²) in [6, 6.07) is 23.1. The number of urea groups is 1. The Hall–Kier alpha value is -3.31. The number of rotatable bonds is 6. The molecule has 0 aliphatic rings. The van der Waals surface area contributed by atoms with Gasteiger partial charge in [-0.1, -0.05) is 53.6 Å². The average Bonchev–Trinajstić information content (AvgIpc) is 3.17. The smallest absolute Gasteiger partial charge is 0.322 e. The molecule has 0 fully saturated rings. The minimum atomic E-state index is -0.158. The van der Waals surface area contributed by atoms with E-state index < -0.39 is 0 Å². The van der Waals surface area contributed by atoms with Gasteiger partial charge in [0.15, 0.2) is 0 Å². The number of para-hydroxylation sites is 2. The molecule has 0 atom stereocenters. The fourth-order valence-corrected chi connectivity index (χ4v) is 3.39. The molecule has 2 N–H and O–H groups in total. The van der Waals surface area contributed by atoms with E-state index in [0.29, 0.717) is 30.2 Å². The lowest BCUT2D eigenvalue weighted by atomic mass is 10.1. The molecule has 0 aliphatic carbocycles. The van der Waals surface area contributed by atoms with Crippen LogP contribution in [0.3, 0.4) is 0 Å². The number of carbonyl (C=O) groups is 1. The number of aromatic nitrogens is 2. The van der Waals surface area contributed by atoms with Crippen LogP contribution in [0.5, 0.6) is 0 Å². The van der Waals surface area contributed by atoms with Gasteiger partial charge in [0.05, 0.1) is 11.0 Å². The van der Waals surface area contributed by atoms with E-state index in [1.807, 2.05) is 24.3 Å². The Bertz CT molecular complexity index is 1100. The van der Waals surface area contributed by atoms with Gasteiger partial charge in [-0.15, -0.1) is 0 Å². The number of aryl methyl sites for hydroxylation is 1. The summed E-state index contributed by atoms with van der Waals surface area (Å²) in [6.45, 7) is 3.10. The normalized spacial score (nSPS) is 10.9. The van der Waals surface area contributed by atoms with Crippen molar-refractivity contribution in [3.05, 3.63) is 94.8 Å². The first-order valence-corrected chi connectivity index (χ1v) is 10.3. The Labute approximate surface area is 180 Å². The minimum absolute atomic E-state index is 0.158. The number of H-pyrrole nitrogens is 1. The predicted molar refractivity (Wildman–Crippen MR) is 122 cm³/mol. The van der Waals surface area contributed by atoms with E-state index in [-0.39, 0.29) is 6.03 Å². The number of nitrogens with zero attached hydrogens (tertiary/aromatic N) is 2. The van der Waals surface area contributed by atoms with Crippen LogP contribution < -0.4 is 5.32 Å². The molecule has 0 spiro atoms. The van der Waals surface area contributed by atoms with E-state index in [1.54, 1.807) is 29.2 Å². The highest BCUT2D eigenvalue weighted by Crippen LogP contribution is 2.16. The number of halogens is 1. The summed E-state index contributed by atoms with van der Waals surface area (Å²) >= 11 is 5.95. The van der Waals surface area contributed by atoms with Crippen molar-refractivity contribution < 1.29 is 4.79 Å². The first kappa shape index (κ1) is 20.0. The Morgan fingerprint density at radius 3 is 2.50 bits per heavy atom. The zero-order valence-corrected chi connectivity index (χ0v) is 17.5. The molecule has 2 amide bonds. The van der Waals surface area contributed by atoms with Crippen molar-refractivity contribution in [3.8, 4) is 0 Å². The lowest BCUT2D eigenvalue weighted by Gasteiger charge is -2.23. The monoisotopic (exact) mass is 418 g/mol. The number of anilines is 1. The zero-order valence-electron chi connectivity index (χ0n) is 16.7. The summed E-state index contributed by atoms with van der Waals surface area (Å²) in [4.78, 5) is 22.8. The quantitative estimate of drug-likeness (QED) is 0.415. The SMILES string of the molecule is Cc1ccc(CN(CCc2nc3ccccc3[nH]2)C(=O)Nc2ccc(Cl)cc2)cc1. The molecule has 0 aliphatic heterocycles. The molecule has 152 valence electrons. The van der Waals surface area contributed by atoms with Crippen LogP contribution in [0.25, 0.3) is 11.0 Å². The van der Waals surface area contributed by atoms with Gasteiger partial charge in [0.25, 0.3) is 0 Å². The Balaban J connectivity index is 1.49. The molecule has 1 heterocycles. The number of aromatic amines is 1. The first-order chi connectivity index (χ1) is 14.6. The molecule has 5 nitrogen and oxygen atoms in total. The lowest BCUT2D eigenvalue weighted by Crippen LogP contribution is -2.36. The number of benzene rings is 3. The molecule has 0 unspecified atom stereocenters. The zero-order chi connectivity index (χ0) is 20.9. The fourth-order valence-electron chi connectivity index (χ4n) is 3.27. The van der Waals surface area contributed by atoms with E-state index in [2.05, 4.69) is 46.5 Å². The number of hydrogen-bond donors (Lipinski definition) is 2. The average molecular weight is 419 g/mol. The van der Waals surface area contributed by atoms with Gasteiger partial charge < -0.3 is 15.2 Å². The third kappa shape index (κ3) is 4.99. The second-order valence-corrected chi connectivity index (χ2v) is 7.73. The first-order valence-electron chi connectivity index (χ1n) is 9.87. The van der Waals surface area contributed by atoms with Gasteiger partial charge in [0.2, 0.25) is 0 Å². The van der Waals surface area contributed by atoms with Crippen molar-refractivity contribution in [2.75, 3.05) is 11.9 Å². The van der Waals surface area contributed by atoms with E-state index in [4.69, 9.17) is 11.6 Å². The van der Waals surface area contributed by atoms with E-state index >= 15 is 0 Å². The van der Waals surface area contributed by atoms with Gasteiger partial charge in [-0.3, -0.25) is 0 Å². The molecular weight excluding hydrogens is 396 g/mol. The highest BCUT2D eigenvalue weighted by atomic mass is 35.5. The van der Waals surface area contributed by atoms with Gasteiger partial charge in [0.1, 0.15) is 5.82 Å². The van der Waals surface area contributed by atoms with E-state index in [9.17, 15) is 4.79 Å². The molecule has 4 aromatic rings. The highest BCUT2D eigenvalue weighted by Gasteiger charge is 2.15. The van der Waals surface area contributed by atoms with Crippen molar-refractivity contribution in [2.45, 2.75) is 19.9 Å². The van der Waals surface area contributed by atoms with Gasteiger partial charge in [-0.2, -0.15) is 0 Å². The summed E-state index contributed by atoms with van der Waals surface area (Å²) in [5.41, 5.74) is 4.92. The standard InChI is InChI=1S/C24H23ClN4O/c1-17-6-8-18(9-7-17)16-29(24(30)26-20-12-10-19(25)11-13-20)15-14-23-27-21-4-2-3-5-22(21)28-23/h2-13H,14-16H2,1H3,(H,26,30)(H,27,28). The predicted octanol–water partition coefficient (Wildman–Crippen LogP) is 5.80. The van der Waals surface area contributed by atoms with Crippen LogP contribution in [0.15, 0.2) is 72.8 Å². The second-order valence-electron chi connectivity index (χ2n) is 7.29. The largest absolute Gasteiger partial charge is 0.342 e. The molecule has 3 aromatic carbocycles. The number of imidazole rings is 1. The molecule has 0 saturated heterocycles. The number of hydrogen-bond acceptors (Lipinski definition) is 2. The van der Waals surface area contributed by atoms with Crippen LogP contribution in [0.1, 0.15) is 17.0 Å². The summed E-state index contributed by atoms with van der Waals surface area (Å²) in [7, 11) is 0. The second kappa shape index (κ2) is 9.01. The molecular formula is C24H23ClN4O. The van der Waals surface area contributed by atoms with Crippen LogP contribution in [0.2, 0.25) is 5.02 Å². The van der Waals surface area contributed by atoms with Crippen LogP contribution >= 0.6 is 11.6 Å². The van der Waals surface area contributed by atoms with Gasteiger partial charge in [-0.05, 0) is 48.9 Å². The molecule has 30 heavy (non-hydrogen) atoms. The maximum atomic E-state index is 13.0. The third-order valence-corrected chi connectivity index (χ3v) is 5.19. The number of amides is 2. The van der Waals surface area contributed by atoms with Gasteiger partial charge >= 0.3 is 6.03 Å². The van der Waals surface area contributed by atoms with Crippen LogP contribution in [-0.2, 0) is 13.0 Å². The molecule has 6 heteroatoms. The van der Waals surface area contributed by atoms with E-state index in [0.717, 1.165) is 22.4 Å². The van der Waals surface area contributed by atoms with Crippen molar-refractivity contribution in [1.29, 1.82) is 0 Å². The van der Waals surface area contributed by atoms with Crippen LogP contribution in [0.4, 0.5) is 10.5 Å². The summed E-state index contributed by atoms with van der Waals surface area (Å²) in [5.74, 6) is 0.865. The Kier molecular flexibility index (Phi) is 6.00. The van der Waals surface area contributed by atoms with Gasteiger partial charge in [0, 0.05) is 30.2 Å². The molecule has 0 radical (unpaired) electrons. The third-order valence-electron chi connectivity index (χ3n) is 4.93. The molecule has 1 aromatic heterocycles. The van der Waals surface area contributed by atoms with Crippen LogP contribution in [-0.4, -0.2) is 27.4 Å². The van der Waals surface area contributed by atoms with Crippen molar-refractivity contribution in [1.82, 2.24) is 14.9 Å². The Morgan fingerprint density at radius 1 is 1.03 bits per heavy atom. The molecule has 0 saturated carbocycles.